The lowest BCUT2D eigenvalue weighted by molar-refractivity contribution is 0.0732. The van der Waals surface area contributed by atoms with Gasteiger partial charge in [-0.15, -0.1) is 0 Å². The van der Waals surface area contributed by atoms with Gasteiger partial charge in [0.15, 0.2) is 0 Å². The highest BCUT2D eigenvalue weighted by molar-refractivity contribution is 5.91. The number of methoxy groups -OCH3 is 1. The van der Waals surface area contributed by atoms with E-state index in [1.165, 1.54) is 0 Å². The monoisotopic (exact) mass is 475 g/mol. The summed E-state index contributed by atoms with van der Waals surface area (Å²) in [5, 5.41) is 9.85. The number of benzene rings is 3. The molecule has 0 aliphatic rings. The fourth-order valence-corrected chi connectivity index (χ4v) is 4.53. The molecular weight excluding hydrogens is 438 g/mol. The molecule has 5 nitrogen and oxygen atoms in total. The van der Waals surface area contributed by atoms with E-state index < -0.39 is 5.97 Å². The van der Waals surface area contributed by atoms with Gasteiger partial charge in [-0.05, 0) is 88.2 Å². The fraction of sp³-hybridized carbons (Fsp3) is 0.367. The minimum absolute atomic E-state index is 0.00127. The number of hydrogen-bond acceptors (Lipinski definition) is 5. The summed E-state index contributed by atoms with van der Waals surface area (Å²) in [4.78, 5) is 15.5. The van der Waals surface area contributed by atoms with Crippen molar-refractivity contribution in [3.8, 4) is 11.5 Å². The lowest BCUT2D eigenvalue weighted by Gasteiger charge is -2.32. The molecule has 1 atom stereocenters. The van der Waals surface area contributed by atoms with Crippen LogP contribution in [-0.2, 0) is 6.61 Å². The number of aliphatic hydroxyl groups is 1. The van der Waals surface area contributed by atoms with Crippen LogP contribution in [0.4, 0.5) is 0 Å². The lowest BCUT2D eigenvalue weighted by Crippen LogP contribution is -2.38. The van der Waals surface area contributed by atoms with Crippen molar-refractivity contribution in [2.45, 2.75) is 58.7 Å². The van der Waals surface area contributed by atoms with Crippen molar-refractivity contribution < 1.29 is 19.4 Å². The molecule has 186 valence electrons. The molecule has 0 spiro atoms. The number of ether oxygens (including phenoxy) is 2. The van der Waals surface area contributed by atoms with Gasteiger partial charge < -0.3 is 14.6 Å². The zero-order valence-corrected chi connectivity index (χ0v) is 21.4. The van der Waals surface area contributed by atoms with Gasteiger partial charge >= 0.3 is 5.97 Å². The number of hydrogen-bond donors (Lipinski definition) is 1. The van der Waals surface area contributed by atoms with Crippen LogP contribution in [0.1, 0.15) is 67.1 Å². The third-order valence-electron chi connectivity index (χ3n) is 6.37. The third kappa shape index (κ3) is 6.93. The number of carbonyl (C=O) groups is 1. The van der Waals surface area contributed by atoms with Gasteiger partial charge in [-0.3, -0.25) is 4.90 Å². The molecule has 0 fully saturated rings. The molecule has 0 aromatic heterocycles. The normalized spacial score (nSPS) is 12.3. The first kappa shape index (κ1) is 26.5. The molecule has 1 N–H and O–H groups in total. The smallest absolute Gasteiger partial charge is 0.343 e. The molecule has 0 heterocycles. The van der Waals surface area contributed by atoms with Crippen molar-refractivity contribution in [1.82, 2.24) is 4.90 Å². The zero-order chi connectivity index (χ0) is 25.4. The first-order valence-electron chi connectivity index (χ1n) is 12.2. The van der Waals surface area contributed by atoms with E-state index in [-0.39, 0.29) is 12.5 Å². The maximum absolute atomic E-state index is 13.0. The molecule has 0 saturated carbocycles. The van der Waals surface area contributed by atoms with Crippen molar-refractivity contribution >= 4 is 5.97 Å². The van der Waals surface area contributed by atoms with Crippen LogP contribution in [0.3, 0.4) is 0 Å². The molecule has 0 amide bonds. The first-order chi connectivity index (χ1) is 16.8. The molecule has 0 unspecified atom stereocenters. The summed E-state index contributed by atoms with van der Waals surface area (Å²) in [6, 6.07) is 23.6. The molecule has 3 aromatic rings. The van der Waals surface area contributed by atoms with Crippen molar-refractivity contribution in [3.63, 3.8) is 0 Å². The van der Waals surface area contributed by atoms with Crippen molar-refractivity contribution in [1.29, 1.82) is 0 Å². The molecule has 0 aliphatic carbocycles. The van der Waals surface area contributed by atoms with E-state index in [4.69, 9.17) is 9.47 Å². The Labute approximate surface area is 209 Å². The second kappa shape index (κ2) is 12.5. The van der Waals surface area contributed by atoms with Crippen LogP contribution in [-0.4, -0.2) is 41.7 Å². The van der Waals surface area contributed by atoms with Crippen LogP contribution >= 0.6 is 0 Å². The Morgan fingerprint density at radius 3 is 2.14 bits per heavy atom. The zero-order valence-electron chi connectivity index (χ0n) is 21.4. The first-order valence-corrected chi connectivity index (χ1v) is 12.2. The maximum atomic E-state index is 13.0. The van der Waals surface area contributed by atoms with E-state index >= 15 is 0 Å². The van der Waals surface area contributed by atoms with Gasteiger partial charge in [0.2, 0.25) is 0 Å². The van der Waals surface area contributed by atoms with Crippen molar-refractivity contribution in [2.75, 3.05) is 13.7 Å². The predicted octanol–water partition coefficient (Wildman–Crippen LogP) is 6.05. The van der Waals surface area contributed by atoms with E-state index in [2.05, 4.69) is 44.7 Å². The van der Waals surface area contributed by atoms with E-state index in [1.807, 2.05) is 24.3 Å². The molecule has 0 aliphatic heterocycles. The second-order valence-electron chi connectivity index (χ2n) is 9.33. The van der Waals surface area contributed by atoms with Gasteiger partial charge in [0.25, 0.3) is 0 Å². The number of esters is 1. The molecule has 35 heavy (non-hydrogen) atoms. The third-order valence-corrected chi connectivity index (χ3v) is 6.37. The summed E-state index contributed by atoms with van der Waals surface area (Å²) >= 11 is 0. The topological polar surface area (TPSA) is 59.0 Å². The quantitative estimate of drug-likeness (QED) is 0.270. The lowest BCUT2D eigenvalue weighted by atomic mass is 9.86. The van der Waals surface area contributed by atoms with E-state index in [0.29, 0.717) is 29.1 Å². The molecule has 0 bridgehead atoms. The van der Waals surface area contributed by atoms with Gasteiger partial charge in [0.1, 0.15) is 11.5 Å². The fourth-order valence-electron chi connectivity index (χ4n) is 4.53. The number of rotatable bonds is 11. The minimum Gasteiger partial charge on any atom is -0.497 e. The minimum atomic E-state index is -0.427. The van der Waals surface area contributed by atoms with Gasteiger partial charge in [-0.2, -0.15) is 0 Å². The Kier molecular flexibility index (Phi) is 9.47. The Bertz CT molecular complexity index is 1070. The molecule has 3 aromatic carbocycles. The summed E-state index contributed by atoms with van der Waals surface area (Å²) in [5.41, 5.74) is 3.29. The van der Waals surface area contributed by atoms with E-state index in [1.54, 1.807) is 43.5 Å². The highest BCUT2D eigenvalue weighted by Crippen LogP contribution is 2.36. The molecule has 0 radical (unpaired) electrons. The summed E-state index contributed by atoms with van der Waals surface area (Å²) in [7, 11) is 1.59. The van der Waals surface area contributed by atoms with Crippen LogP contribution in [0.2, 0.25) is 0 Å². The standard InChI is InChI=1S/C30H37NO4/c1-21(2)31(22(3)4)18-17-27(24-9-7-6-8-10-24)28-19-23(20-32)11-16-29(28)35-30(33)25-12-14-26(34-5)15-13-25/h6-16,19,21-22,27,32H,17-18,20H2,1-5H3/t27-/m1/s1. The van der Waals surface area contributed by atoms with Gasteiger partial charge in [0.05, 0.1) is 19.3 Å². The Morgan fingerprint density at radius 1 is 0.914 bits per heavy atom. The van der Waals surface area contributed by atoms with Crippen LogP contribution in [0, 0.1) is 0 Å². The summed E-state index contributed by atoms with van der Waals surface area (Å²) in [5.74, 6) is 0.765. The Morgan fingerprint density at radius 2 is 1.57 bits per heavy atom. The Hall–Kier alpha value is -3.15. The van der Waals surface area contributed by atoms with Crippen LogP contribution in [0.25, 0.3) is 0 Å². The largest absolute Gasteiger partial charge is 0.497 e. The van der Waals surface area contributed by atoms with Crippen molar-refractivity contribution in [3.05, 3.63) is 95.1 Å². The number of carbonyl (C=O) groups excluding carboxylic acids is 1. The van der Waals surface area contributed by atoms with Crippen LogP contribution in [0.15, 0.2) is 72.8 Å². The molecule has 5 heteroatoms. The number of nitrogens with zero attached hydrogens (tertiary/aromatic N) is 1. The highest BCUT2D eigenvalue weighted by atomic mass is 16.5. The average molecular weight is 476 g/mol. The van der Waals surface area contributed by atoms with Gasteiger partial charge in [-0.1, -0.05) is 36.4 Å². The van der Waals surface area contributed by atoms with Crippen LogP contribution < -0.4 is 9.47 Å². The SMILES string of the molecule is COc1ccc(C(=O)Oc2ccc(CO)cc2[C@H](CCN(C(C)C)C(C)C)c2ccccc2)cc1. The van der Waals surface area contributed by atoms with E-state index in [9.17, 15) is 9.90 Å². The van der Waals surface area contributed by atoms with Gasteiger partial charge in [-0.25, -0.2) is 4.79 Å². The molecule has 0 saturated heterocycles. The average Bonchev–Trinajstić information content (AvgIpc) is 2.87. The second-order valence-corrected chi connectivity index (χ2v) is 9.33. The summed E-state index contributed by atoms with van der Waals surface area (Å²) < 4.78 is 11.1. The predicted molar refractivity (Wildman–Crippen MR) is 140 cm³/mol. The van der Waals surface area contributed by atoms with Gasteiger partial charge in [0, 0.05) is 23.6 Å². The molecule has 3 rings (SSSR count). The van der Waals surface area contributed by atoms with E-state index in [0.717, 1.165) is 29.7 Å². The summed E-state index contributed by atoms with van der Waals surface area (Å²) in [6.45, 7) is 9.67. The van der Waals surface area contributed by atoms with Crippen LogP contribution in [0.5, 0.6) is 11.5 Å². The maximum Gasteiger partial charge on any atom is 0.343 e. The molecular formula is C30H37NO4. The number of aliphatic hydroxyl groups excluding tert-OH is 1. The summed E-state index contributed by atoms with van der Waals surface area (Å²) in [6.07, 6.45) is 0.850. The highest BCUT2D eigenvalue weighted by Gasteiger charge is 2.23. The van der Waals surface area contributed by atoms with Crippen molar-refractivity contribution in [2.24, 2.45) is 0 Å². The Balaban J connectivity index is 1.98.